The van der Waals surface area contributed by atoms with E-state index in [9.17, 15) is 9.59 Å². The van der Waals surface area contributed by atoms with Crippen LogP contribution in [0.2, 0.25) is 0 Å². The molecule has 2 heterocycles. The molecule has 1 aromatic rings. The van der Waals surface area contributed by atoms with E-state index >= 15 is 0 Å². The molecular formula is C13H17N3O3S. The maximum atomic E-state index is 11.4. The highest BCUT2D eigenvalue weighted by molar-refractivity contribution is 7.17. The van der Waals surface area contributed by atoms with Gasteiger partial charge in [-0.3, -0.25) is 9.69 Å². The number of anilines is 1. The lowest BCUT2D eigenvalue weighted by molar-refractivity contribution is 0.0687. The molecule has 2 fully saturated rings. The van der Waals surface area contributed by atoms with E-state index in [-0.39, 0.29) is 16.4 Å². The van der Waals surface area contributed by atoms with E-state index < -0.39 is 5.97 Å². The minimum absolute atomic E-state index is 0.137. The lowest BCUT2D eigenvalue weighted by Gasteiger charge is -2.15. The molecule has 6 nitrogen and oxygen atoms in total. The lowest BCUT2D eigenvalue weighted by atomic mass is 10.3. The highest BCUT2D eigenvalue weighted by atomic mass is 32.1. The smallest absolute Gasteiger partial charge is 0.356 e. The van der Waals surface area contributed by atoms with Crippen molar-refractivity contribution in [2.75, 3.05) is 18.4 Å². The summed E-state index contributed by atoms with van der Waals surface area (Å²) in [4.78, 5) is 29.3. The van der Waals surface area contributed by atoms with Crippen molar-refractivity contribution in [3.05, 3.63) is 10.6 Å². The summed E-state index contributed by atoms with van der Waals surface area (Å²) in [6.45, 7) is 3.43. The number of aromatic nitrogens is 1. The number of aromatic carboxylic acids is 1. The average molecular weight is 295 g/mol. The predicted octanol–water partition coefficient (Wildman–Crippen LogP) is 1.69. The fourth-order valence-electron chi connectivity index (χ4n) is 2.62. The number of carbonyl (C=O) groups excluding carboxylic acids is 1. The molecule has 1 aliphatic carbocycles. The summed E-state index contributed by atoms with van der Waals surface area (Å²) in [6.07, 6.45) is 3.62. The maximum Gasteiger partial charge on any atom is 0.356 e. The van der Waals surface area contributed by atoms with Crippen molar-refractivity contribution in [3.8, 4) is 0 Å². The fraction of sp³-hybridized carbons (Fsp3) is 0.615. The molecule has 7 heteroatoms. The van der Waals surface area contributed by atoms with Crippen LogP contribution in [0.25, 0.3) is 0 Å². The van der Waals surface area contributed by atoms with Crippen LogP contribution in [-0.4, -0.2) is 51.9 Å². The summed E-state index contributed by atoms with van der Waals surface area (Å²) in [7, 11) is 0. The summed E-state index contributed by atoms with van der Waals surface area (Å²) in [5.74, 6) is -1.40. The fourth-order valence-corrected chi connectivity index (χ4v) is 3.55. The van der Waals surface area contributed by atoms with Gasteiger partial charge in [-0.1, -0.05) is 11.3 Å². The van der Waals surface area contributed by atoms with Gasteiger partial charge in [-0.25, -0.2) is 9.78 Å². The number of nitrogens with one attached hydrogen (secondary N) is 1. The Morgan fingerprint density at radius 1 is 1.40 bits per heavy atom. The van der Waals surface area contributed by atoms with E-state index in [4.69, 9.17) is 5.11 Å². The van der Waals surface area contributed by atoms with Crippen LogP contribution in [0.1, 0.15) is 46.3 Å². The number of nitrogens with zero attached hydrogens (tertiary/aromatic N) is 2. The highest BCUT2D eigenvalue weighted by Gasteiger charge is 2.34. The van der Waals surface area contributed by atoms with Crippen molar-refractivity contribution in [3.63, 3.8) is 0 Å². The molecule has 1 aliphatic heterocycles. The zero-order valence-electron chi connectivity index (χ0n) is 11.3. The first kappa shape index (κ1) is 13.5. The first-order valence-corrected chi connectivity index (χ1v) is 7.62. The number of Topliss-reactive ketones (excluding diaryl/α,β-unsaturated/α-hetero) is 1. The highest BCUT2D eigenvalue weighted by Crippen LogP contribution is 2.31. The molecule has 1 aromatic heterocycles. The lowest BCUT2D eigenvalue weighted by Crippen LogP contribution is -2.27. The number of carbonyl (C=O) groups is 2. The van der Waals surface area contributed by atoms with Crippen molar-refractivity contribution in [2.24, 2.45) is 0 Å². The number of hydrogen-bond acceptors (Lipinski definition) is 6. The van der Waals surface area contributed by atoms with Crippen LogP contribution >= 0.6 is 11.3 Å². The second-order valence-electron chi connectivity index (χ2n) is 5.41. The molecular weight excluding hydrogens is 278 g/mol. The van der Waals surface area contributed by atoms with E-state index in [1.54, 1.807) is 0 Å². The number of hydrogen-bond donors (Lipinski definition) is 2. The van der Waals surface area contributed by atoms with Crippen LogP contribution in [0, 0.1) is 0 Å². The van der Waals surface area contributed by atoms with Crippen LogP contribution in [0.3, 0.4) is 0 Å². The Bertz CT molecular complexity index is 522. The molecule has 0 bridgehead atoms. The summed E-state index contributed by atoms with van der Waals surface area (Å²) in [6, 6.07) is 1.05. The van der Waals surface area contributed by atoms with Gasteiger partial charge in [0.15, 0.2) is 16.6 Å². The van der Waals surface area contributed by atoms with E-state index in [0.29, 0.717) is 11.2 Å². The van der Waals surface area contributed by atoms with Gasteiger partial charge in [-0.2, -0.15) is 0 Å². The maximum absolute atomic E-state index is 11.4. The van der Waals surface area contributed by atoms with Gasteiger partial charge in [0.25, 0.3) is 0 Å². The van der Waals surface area contributed by atoms with Crippen molar-refractivity contribution < 1.29 is 14.7 Å². The number of carboxylic acids is 1. The molecule has 1 saturated heterocycles. The van der Waals surface area contributed by atoms with Crippen LogP contribution < -0.4 is 5.32 Å². The number of rotatable bonds is 5. The first-order chi connectivity index (χ1) is 9.54. The molecule has 1 atom stereocenters. The van der Waals surface area contributed by atoms with Gasteiger partial charge >= 0.3 is 5.97 Å². The third kappa shape index (κ3) is 2.69. The quantitative estimate of drug-likeness (QED) is 0.804. The van der Waals surface area contributed by atoms with E-state index in [1.165, 1.54) is 19.8 Å². The Labute approximate surface area is 120 Å². The third-order valence-corrected chi connectivity index (χ3v) is 4.85. The van der Waals surface area contributed by atoms with Gasteiger partial charge in [0, 0.05) is 32.1 Å². The monoisotopic (exact) mass is 295 g/mol. The van der Waals surface area contributed by atoms with E-state index in [0.717, 1.165) is 36.9 Å². The number of ketones is 1. The van der Waals surface area contributed by atoms with Crippen molar-refractivity contribution in [1.29, 1.82) is 0 Å². The molecule has 0 amide bonds. The normalized spacial score (nSPS) is 22.9. The summed E-state index contributed by atoms with van der Waals surface area (Å²) in [5, 5.41) is 12.9. The van der Waals surface area contributed by atoms with Crippen molar-refractivity contribution >= 4 is 28.2 Å². The van der Waals surface area contributed by atoms with Gasteiger partial charge in [-0.15, -0.1) is 0 Å². The topological polar surface area (TPSA) is 82.5 Å². The average Bonchev–Trinajstić information content (AvgIpc) is 2.98. The minimum Gasteiger partial charge on any atom is -0.476 e. The number of thiazole rings is 1. The Kier molecular flexibility index (Phi) is 3.47. The van der Waals surface area contributed by atoms with Gasteiger partial charge in [0.05, 0.1) is 0 Å². The van der Waals surface area contributed by atoms with Crippen LogP contribution in [0.15, 0.2) is 0 Å². The van der Waals surface area contributed by atoms with Gasteiger partial charge in [0.1, 0.15) is 4.88 Å². The van der Waals surface area contributed by atoms with E-state index in [1.807, 2.05) is 0 Å². The molecule has 3 rings (SSSR count). The second kappa shape index (κ2) is 5.14. The Balaban J connectivity index is 1.69. The Hall–Kier alpha value is -1.47. The van der Waals surface area contributed by atoms with Gasteiger partial charge < -0.3 is 10.4 Å². The minimum atomic E-state index is -1.15. The Morgan fingerprint density at radius 3 is 2.70 bits per heavy atom. The largest absolute Gasteiger partial charge is 0.476 e. The molecule has 0 radical (unpaired) electrons. The van der Waals surface area contributed by atoms with Crippen LogP contribution in [0.4, 0.5) is 5.13 Å². The van der Waals surface area contributed by atoms with Crippen LogP contribution in [-0.2, 0) is 0 Å². The standard InChI is InChI=1S/C13H17N3O3S/c1-7(17)11-10(12(18)19)15-13(20-11)14-8-4-5-16(6-8)9-2-3-9/h8-9H,2-6H2,1H3,(H,14,15)(H,18,19). The summed E-state index contributed by atoms with van der Waals surface area (Å²) >= 11 is 1.14. The summed E-state index contributed by atoms with van der Waals surface area (Å²) < 4.78 is 0. The molecule has 1 saturated carbocycles. The van der Waals surface area contributed by atoms with Crippen molar-refractivity contribution in [1.82, 2.24) is 9.88 Å². The number of likely N-dealkylation sites (tertiary alicyclic amines) is 1. The molecule has 2 N–H and O–H groups in total. The Morgan fingerprint density at radius 2 is 2.15 bits per heavy atom. The SMILES string of the molecule is CC(=O)c1sc(NC2CCN(C3CC3)C2)nc1C(=O)O. The molecule has 0 aromatic carbocycles. The molecule has 2 aliphatic rings. The van der Waals surface area contributed by atoms with Gasteiger partial charge in [0.2, 0.25) is 0 Å². The second-order valence-corrected chi connectivity index (χ2v) is 6.41. The van der Waals surface area contributed by atoms with E-state index in [2.05, 4.69) is 15.2 Å². The summed E-state index contributed by atoms with van der Waals surface area (Å²) in [5.41, 5.74) is -0.137. The third-order valence-electron chi connectivity index (χ3n) is 3.76. The molecule has 20 heavy (non-hydrogen) atoms. The number of carboxylic acid groups (broad SMARTS) is 1. The van der Waals surface area contributed by atoms with Gasteiger partial charge in [-0.05, 0) is 19.3 Å². The zero-order chi connectivity index (χ0) is 14.3. The predicted molar refractivity (Wildman–Crippen MR) is 75.7 cm³/mol. The molecule has 0 spiro atoms. The first-order valence-electron chi connectivity index (χ1n) is 6.80. The van der Waals surface area contributed by atoms with Crippen molar-refractivity contribution in [2.45, 2.75) is 38.3 Å². The van der Waals surface area contributed by atoms with Crippen LogP contribution in [0.5, 0.6) is 0 Å². The molecule has 108 valence electrons. The molecule has 1 unspecified atom stereocenters. The zero-order valence-corrected chi connectivity index (χ0v) is 12.1.